The molecule has 0 unspecified atom stereocenters. The summed E-state index contributed by atoms with van der Waals surface area (Å²) in [5, 5.41) is 0. The van der Waals surface area contributed by atoms with Gasteiger partial charge in [-0.15, -0.1) is 0 Å². The van der Waals surface area contributed by atoms with Crippen LogP contribution in [0.15, 0.2) is 48.5 Å². The molecule has 2 aromatic rings. The van der Waals surface area contributed by atoms with E-state index >= 15 is 0 Å². The summed E-state index contributed by atoms with van der Waals surface area (Å²) in [4.78, 5) is 11.8. The van der Waals surface area contributed by atoms with Crippen LogP contribution in [-0.2, 0) is 0 Å². The summed E-state index contributed by atoms with van der Waals surface area (Å²) in [7, 11) is 0. The van der Waals surface area contributed by atoms with Crippen LogP contribution in [0, 0.1) is 11.6 Å². The Morgan fingerprint density at radius 3 is 1.56 bits per heavy atom. The predicted octanol–water partition coefficient (Wildman–Crippen LogP) is 4.22. The number of rotatable bonds is 2. The third kappa shape index (κ3) is 3.48. The summed E-state index contributed by atoms with van der Waals surface area (Å²) >= 11 is 0. The lowest BCUT2D eigenvalue weighted by Crippen LogP contribution is -2.01. The lowest BCUT2D eigenvalue weighted by molar-refractivity contribution is 0.103. The molecular weight excluding hydrogens is 234 g/mol. The normalized spacial score (nSPS) is 9.33. The fraction of sp³-hybridized carbons (Fsp3) is 0.133. The molecule has 0 spiro atoms. The molecule has 0 aliphatic rings. The zero-order valence-corrected chi connectivity index (χ0v) is 10.3. The average molecular weight is 248 g/mol. The van der Waals surface area contributed by atoms with Crippen LogP contribution in [0.1, 0.15) is 29.8 Å². The van der Waals surface area contributed by atoms with Gasteiger partial charge >= 0.3 is 0 Å². The first-order chi connectivity index (χ1) is 8.66. The maximum absolute atomic E-state index is 12.9. The van der Waals surface area contributed by atoms with Gasteiger partial charge in [-0.25, -0.2) is 8.78 Å². The molecule has 0 heterocycles. The van der Waals surface area contributed by atoms with Crippen molar-refractivity contribution in [1.82, 2.24) is 0 Å². The zero-order valence-electron chi connectivity index (χ0n) is 10.3. The number of carbonyl (C=O) groups is 1. The van der Waals surface area contributed by atoms with E-state index in [4.69, 9.17) is 0 Å². The third-order valence-corrected chi connectivity index (χ3v) is 2.17. The topological polar surface area (TPSA) is 17.1 Å². The SMILES string of the molecule is CC.O=C(c1cccc(F)c1)c1cccc(F)c1. The Morgan fingerprint density at radius 1 is 0.833 bits per heavy atom. The first-order valence-electron chi connectivity index (χ1n) is 5.72. The van der Waals surface area contributed by atoms with Crippen molar-refractivity contribution >= 4 is 5.78 Å². The van der Waals surface area contributed by atoms with Crippen LogP contribution >= 0.6 is 0 Å². The van der Waals surface area contributed by atoms with Crippen LogP contribution in [0.25, 0.3) is 0 Å². The summed E-state index contributed by atoms with van der Waals surface area (Å²) in [6, 6.07) is 10.7. The summed E-state index contributed by atoms with van der Waals surface area (Å²) < 4.78 is 25.8. The molecular formula is C15H14F2O. The first-order valence-corrected chi connectivity index (χ1v) is 5.72. The summed E-state index contributed by atoms with van der Waals surface area (Å²) in [6.07, 6.45) is 0. The smallest absolute Gasteiger partial charge is 0.193 e. The fourth-order valence-corrected chi connectivity index (χ4v) is 1.43. The number of carbonyl (C=O) groups excluding carboxylic acids is 1. The minimum absolute atomic E-state index is 0.214. The van der Waals surface area contributed by atoms with E-state index in [0.717, 1.165) is 12.1 Å². The van der Waals surface area contributed by atoms with Gasteiger partial charge in [0, 0.05) is 11.1 Å². The van der Waals surface area contributed by atoms with E-state index in [9.17, 15) is 13.6 Å². The Balaban J connectivity index is 0.000000771. The first kappa shape index (κ1) is 14.0. The molecule has 0 aliphatic heterocycles. The van der Waals surface area contributed by atoms with Crippen LogP contribution < -0.4 is 0 Å². The maximum atomic E-state index is 12.9. The molecule has 2 rings (SSSR count). The monoisotopic (exact) mass is 248 g/mol. The Kier molecular flexibility index (Phi) is 5.18. The summed E-state index contributed by atoms with van der Waals surface area (Å²) in [5.41, 5.74) is 0.427. The molecule has 0 radical (unpaired) electrons. The Bertz CT molecular complexity index is 488. The number of halogens is 2. The number of hydrogen-bond acceptors (Lipinski definition) is 1. The molecule has 3 heteroatoms. The lowest BCUT2D eigenvalue weighted by Gasteiger charge is -2.01. The maximum Gasteiger partial charge on any atom is 0.193 e. The van der Waals surface area contributed by atoms with E-state index in [-0.39, 0.29) is 16.9 Å². The molecule has 2 aromatic carbocycles. The van der Waals surface area contributed by atoms with Gasteiger partial charge in [0.1, 0.15) is 11.6 Å². The second kappa shape index (κ2) is 6.64. The summed E-state index contributed by atoms with van der Waals surface area (Å²) in [5.74, 6) is -1.36. The molecule has 0 atom stereocenters. The highest BCUT2D eigenvalue weighted by Gasteiger charge is 2.09. The van der Waals surface area contributed by atoms with Crippen LogP contribution in [0.3, 0.4) is 0 Å². The number of hydrogen-bond donors (Lipinski definition) is 0. The molecule has 0 aromatic heterocycles. The second-order valence-electron chi connectivity index (χ2n) is 3.35. The zero-order chi connectivity index (χ0) is 13.5. The molecule has 0 aliphatic carbocycles. The van der Waals surface area contributed by atoms with Gasteiger partial charge in [0.25, 0.3) is 0 Å². The molecule has 0 saturated heterocycles. The standard InChI is InChI=1S/C13H8F2O.C2H6/c14-11-5-1-3-9(7-11)13(16)10-4-2-6-12(15)8-10;1-2/h1-8H;1-2H3. The van der Waals surface area contributed by atoms with Gasteiger partial charge < -0.3 is 0 Å². The van der Waals surface area contributed by atoms with Crippen molar-refractivity contribution in [3.05, 3.63) is 71.3 Å². The van der Waals surface area contributed by atoms with Gasteiger partial charge in [-0.3, -0.25) is 4.79 Å². The van der Waals surface area contributed by atoms with E-state index in [2.05, 4.69) is 0 Å². The average Bonchev–Trinajstić information content (AvgIpc) is 2.40. The molecule has 1 nitrogen and oxygen atoms in total. The van der Waals surface area contributed by atoms with Crippen molar-refractivity contribution < 1.29 is 13.6 Å². The van der Waals surface area contributed by atoms with Gasteiger partial charge in [0.05, 0.1) is 0 Å². The van der Waals surface area contributed by atoms with Gasteiger partial charge in [-0.1, -0.05) is 38.1 Å². The molecule has 94 valence electrons. The number of ketones is 1. The Morgan fingerprint density at radius 2 is 1.22 bits per heavy atom. The summed E-state index contributed by atoms with van der Waals surface area (Å²) in [6.45, 7) is 4.00. The molecule has 0 amide bonds. The van der Waals surface area contributed by atoms with Gasteiger partial charge in [-0.2, -0.15) is 0 Å². The van der Waals surface area contributed by atoms with Gasteiger partial charge in [0.2, 0.25) is 0 Å². The van der Waals surface area contributed by atoms with Crippen LogP contribution in [0.2, 0.25) is 0 Å². The van der Waals surface area contributed by atoms with Crippen molar-refractivity contribution in [3.63, 3.8) is 0 Å². The molecule has 0 N–H and O–H groups in total. The minimum atomic E-state index is -0.484. The molecule has 0 fully saturated rings. The Hall–Kier alpha value is -2.03. The predicted molar refractivity (Wildman–Crippen MR) is 67.6 cm³/mol. The second-order valence-corrected chi connectivity index (χ2v) is 3.35. The van der Waals surface area contributed by atoms with Crippen molar-refractivity contribution in [3.8, 4) is 0 Å². The molecule has 0 saturated carbocycles. The van der Waals surface area contributed by atoms with Gasteiger partial charge in [-0.05, 0) is 24.3 Å². The molecule has 18 heavy (non-hydrogen) atoms. The van der Waals surface area contributed by atoms with Crippen LogP contribution in [0.5, 0.6) is 0 Å². The highest BCUT2D eigenvalue weighted by Crippen LogP contribution is 2.12. The Labute approximate surface area is 105 Å². The van der Waals surface area contributed by atoms with Crippen molar-refractivity contribution in [1.29, 1.82) is 0 Å². The highest BCUT2D eigenvalue weighted by atomic mass is 19.1. The third-order valence-electron chi connectivity index (χ3n) is 2.17. The fourth-order valence-electron chi connectivity index (χ4n) is 1.43. The van der Waals surface area contributed by atoms with Crippen molar-refractivity contribution in [2.45, 2.75) is 13.8 Å². The van der Waals surface area contributed by atoms with Crippen molar-refractivity contribution in [2.75, 3.05) is 0 Å². The number of benzene rings is 2. The van der Waals surface area contributed by atoms with E-state index in [1.807, 2.05) is 13.8 Å². The van der Waals surface area contributed by atoms with E-state index < -0.39 is 11.6 Å². The van der Waals surface area contributed by atoms with Gasteiger partial charge in [0.15, 0.2) is 5.78 Å². The van der Waals surface area contributed by atoms with E-state index in [0.29, 0.717) is 0 Å². The largest absolute Gasteiger partial charge is 0.289 e. The minimum Gasteiger partial charge on any atom is -0.289 e. The molecule has 0 bridgehead atoms. The van der Waals surface area contributed by atoms with E-state index in [1.165, 1.54) is 36.4 Å². The van der Waals surface area contributed by atoms with Crippen LogP contribution in [0.4, 0.5) is 8.78 Å². The lowest BCUT2D eigenvalue weighted by atomic mass is 10.0. The highest BCUT2D eigenvalue weighted by molar-refractivity contribution is 6.08. The van der Waals surface area contributed by atoms with Crippen LogP contribution in [-0.4, -0.2) is 5.78 Å². The van der Waals surface area contributed by atoms with Crippen molar-refractivity contribution in [2.24, 2.45) is 0 Å². The quantitative estimate of drug-likeness (QED) is 0.727. The van der Waals surface area contributed by atoms with E-state index in [1.54, 1.807) is 0 Å².